The summed E-state index contributed by atoms with van der Waals surface area (Å²) in [5.74, 6) is -0.385. The molecule has 1 unspecified atom stereocenters. The average Bonchev–Trinajstić information content (AvgIpc) is 2.68. The number of carbonyl (C=O) groups excluding carboxylic acids is 1. The zero-order chi connectivity index (χ0) is 18.4. The molecule has 0 aliphatic carbocycles. The Bertz CT molecular complexity index is 859. The molecule has 0 aromatic heterocycles. The fraction of sp³-hybridized carbons (Fsp3) is 0.174. The summed E-state index contributed by atoms with van der Waals surface area (Å²) in [4.78, 5) is 12.7. The molecule has 0 fully saturated rings. The minimum Gasteiger partial charge on any atom is -0.346 e. The monoisotopic (exact) mass is 347 g/mol. The van der Waals surface area contributed by atoms with Crippen molar-refractivity contribution in [2.24, 2.45) is 0 Å². The van der Waals surface area contributed by atoms with Crippen LogP contribution in [0.1, 0.15) is 40.0 Å². The summed E-state index contributed by atoms with van der Waals surface area (Å²) < 4.78 is 13.1. The van der Waals surface area contributed by atoms with Gasteiger partial charge in [-0.15, -0.1) is 0 Å². The highest BCUT2D eigenvalue weighted by molar-refractivity contribution is 5.95. The number of hydrogen-bond donors (Lipinski definition) is 1. The standard InChI is InChI=1S/C23H22FNO/c1-17(19-13-15-21(24)16-14-19)25-23(26)22-10-6-5-9-20(22)12-11-18-7-3-2-4-8-18/h2-10,13-17H,11-12H2,1H3,(H,25,26). The van der Waals surface area contributed by atoms with Gasteiger partial charge < -0.3 is 5.32 Å². The number of carbonyl (C=O) groups is 1. The number of aryl methyl sites for hydroxylation is 2. The van der Waals surface area contributed by atoms with Crippen LogP contribution < -0.4 is 5.32 Å². The first kappa shape index (κ1) is 17.9. The Morgan fingerprint density at radius 1 is 0.885 bits per heavy atom. The zero-order valence-electron chi connectivity index (χ0n) is 14.8. The Balaban J connectivity index is 1.70. The minimum absolute atomic E-state index is 0.106. The normalized spacial score (nSPS) is 11.8. The summed E-state index contributed by atoms with van der Waals surface area (Å²) in [5.41, 5.74) is 3.85. The molecule has 0 saturated carbocycles. The van der Waals surface area contributed by atoms with Crippen LogP contribution in [-0.2, 0) is 12.8 Å². The second-order valence-electron chi connectivity index (χ2n) is 6.39. The van der Waals surface area contributed by atoms with E-state index in [4.69, 9.17) is 0 Å². The van der Waals surface area contributed by atoms with Crippen molar-refractivity contribution >= 4 is 5.91 Å². The molecular formula is C23H22FNO. The van der Waals surface area contributed by atoms with Gasteiger partial charge in [0.15, 0.2) is 0 Å². The van der Waals surface area contributed by atoms with Crippen LogP contribution in [0.5, 0.6) is 0 Å². The minimum atomic E-state index is -0.279. The lowest BCUT2D eigenvalue weighted by Gasteiger charge is -2.16. The molecule has 0 radical (unpaired) electrons. The van der Waals surface area contributed by atoms with E-state index in [0.29, 0.717) is 5.56 Å². The van der Waals surface area contributed by atoms with Crippen molar-refractivity contribution in [1.82, 2.24) is 5.32 Å². The molecule has 3 rings (SSSR count). The molecule has 0 aliphatic rings. The van der Waals surface area contributed by atoms with Gasteiger partial charge in [0.2, 0.25) is 0 Å². The predicted molar refractivity (Wildman–Crippen MR) is 103 cm³/mol. The van der Waals surface area contributed by atoms with Crippen LogP contribution in [0.15, 0.2) is 78.9 Å². The van der Waals surface area contributed by atoms with Gasteiger partial charge in [0.1, 0.15) is 5.82 Å². The molecule has 3 heteroatoms. The van der Waals surface area contributed by atoms with Gasteiger partial charge in [-0.05, 0) is 54.7 Å². The molecule has 3 aromatic carbocycles. The van der Waals surface area contributed by atoms with Crippen LogP contribution in [0, 0.1) is 5.82 Å². The molecule has 26 heavy (non-hydrogen) atoms. The second-order valence-corrected chi connectivity index (χ2v) is 6.39. The number of rotatable bonds is 6. The predicted octanol–water partition coefficient (Wildman–Crippen LogP) is 5.10. The van der Waals surface area contributed by atoms with Crippen LogP contribution in [0.2, 0.25) is 0 Å². The van der Waals surface area contributed by atoms with Crippen molar-refractivity contribution in [3.05, 3.63) is 107 Å². The highest BCUT2D eigenvalue weighted by Gasteiger charge is 2.14. The smallest absolute Gasteiger partial charge is 0.252 e. The summed E-state index contributed by atoms with van der Waals surface area (Å²) in [6.07, 6.45) is 1.69. The number of hydrogen-bond acceptors (Lipinski definition) is 1. The Labute approximate surface area is 153 Å². The van der Waals surface area contributed by atoms with E-state index < -0.39 is 0 Å². The summed E-state index contributed by atoms with van der Waals surface area (Å²) >= 11 is 0. The van der Waals surface area contributed by atoms with E-state index >= 15 is 0 Å². The number of nitrogens with one attached hydrogen (secondary N) is 1. The molecule has 2 nitrogen and oxygen atoms in total. The summed E-state index contributed by atoms with van der Waals surface area (Å²) in [6.45, 7) is 1.90. The van der Waals surface area contributed by atoms with Gasteiger partial charge in [0.05, 0.1) is 6.04 Å². The van der Waals surface area contributed by atoms with E-state index in [1.165, 1.54) is 17.7 Å². The second kappa shape index (κ2) is 8.43. The molecule has 1 amide bonds. The Hall–Kier alpha value is -2.94. The molecule has 1 atom stereocenters. The van der Waals surface area contributed by atoms with E-state index in [0.717, 1.165) is 24.0 Å². The molecule has 0 heterocycles. The average molecular weight is 347 g/mol. The van der Waals surface area contributed by atoms with Crippen LogP contribution in [0.4, 0.5) is 4.39 Å². The fourth-order valence-electron chi connectivity index (χ4n) is 2.99. The van der Waals surface area contributed by atoms with Crippen molar-refractivity contribution < 1.29 is 9.18 Å². The van der Waals surface area contributed by atoms with E-state index in [1.54, 1.807) is 12.1 Å². The van der Waals surface area contributed by atoms with Gasteiger partial charge in [0.25, 0.3) is 5.91 Å². The molecule has 3 aromatic rings. The lowest BCUT2D eigenvalue weighted by Crippen LogP contribution is -2.27. The SMILES string of the molecule is CC(NC(=O)c1ccccc1CCc1ccccc1)c1ccc(F)cc1. The highest BCUT2D eigenvalue weighted by atomic mass is 19.1. The Morgan fingerprint density at radius 2 is 1.54 bits per heavy atom. The largest absolute Gasteiger partial charge is 0.346 e. The van der Waals surface area contributed by atoms with Crippen LogP contribution in [0.25, 0.3) is 0 Å². The van der Waals surface area contributed by atoms with Crippen molar-refractivity contribution in [3.8, 4) is 0 Å². The molecule has 1 N–H and O–H groups in total. The summed E-state index contributed by atoms with van der Waals surface area (Å²) in [5, 5.41) is 3.01. The van der Waals surface area contributed by atoms with E-state index in [9.17, 15) is 9.18 Å². The molecule has 0 saturated heterocycles. The number of halogens is 1. The van der Waals surface area contributed by atoms with Gasteiger partial charge in [-0.1, -0.05) is 60.7 Å². The maximum absolute atomic E-state index is 13.1. The number of amides is 1. The van der Waals surface area contributed by atoms with Gasteiger partial charge in [-0.3, -0.25) is 4.79 Å². The van der Waals surface area contributed by atoms with Crippen molar-refractivity contribution in [3.63, 3.8) is 0 Å². The van der Waals surface area contributed by atoms with Crippen molar-refractivity contribution in [2.45, 2.75) is 25.8 Å². The first-order chi connectivity index (χ1) is 12.6. The lowest BCUT2D eigenvalue weighted by molar-refractivity contribution is 0.0939. The summed E-state index contributed by atoms with van der Waals surface area (Å²) in [7, 11) is 0. The molecule has 0 aliphatic heterocycles. The third-order valence-corrected chi connectivity index (χ3v) is 4.51. The maximum Gasteiger partial charge on any atom is 0.252 e. The van der Waals surface area contributed by atoms with Crippen LogP contribution >= 0.6 is 0 Å². The van der Waals surface area contributed by atoms with E-state index in [2.05, 4.69) is 17.4 Å². The van der Waals surface area contributed by atoms with Crippen molar-refractivity contribution in [1.29, 1.82) is 0 Å². The molecule has 0 spiro atoms. The van der Waals surface area contributed by atoms with Crippen LogP contribution in [-0.4, -0.2) is 5.91 Å². The molecule has 0 bridgehead atoms. The maximum atomic E-state index is 13.1. The third kappa shape index (κ3) is 4.57. The molecule has 132 valence electrons. The van der Waals surface area contributed by atoms with Gasteiger partial charge in [0, 0.05) is 5.56 Å². The quantitative estimate of drug-likeness (QED) is 0.660. The zero-order valence-corrected chi connectivity index (χ0v) is 14.8. The highest BCUT2D eigenvalue weighted by Crippen LogP contribution is 2.17. The first-order valence-electron chi connectivity index (χ1n) is 8.81. The Morgan fingerprint density at radius 3 is 2.27 bits per heavy atom. The van der Waals surface area contributed by atoms with Gasteiger partial charge in [-0.2, -0.15) is 0 Å². The van der Waals surface area contributed by atoms with Crippen LogP contribution in [0.3, 0.4) is 0 Å². The van der Waals surface area contributed by atoms with E-state index in [1.807, 2.05) is 49.4 Å². The first-order valence-corrected chi connectivity index (χ1v) is 8.81. The van der Waals surface area contributed by atoms with Gasteiger partial charge in [-0.25, -0.2) is 4.39 Å². The molecular weight excluding hydrogens is 325 g/mol. The lowest BCUT2D eigenvalue weighted by atomic mass is 9.99. The summed E-state index contributed by atoms with van der Waals surface area (Å²) in [6, 6.07) is 24.0. The topological polar surface area (TPSA) is 29.1 Å². The van der Waals surface area contributed by atoms with Crippen molar-refractivity contribution in [2.75, 3.05) is 0 Å². The number of benzene rings is 3. The fourth-order valence-corrected chi connectivity index (χ4v) is 2.99. The van der Waals surface area contributed by atoms with Gasteiger partial charge >= 0.3 is 0 Å². The Kier molecular flexibility index (Phi) is 5.80. The third-order valence-electron chi connectivity index (χ3n) is 4.51. The van der Waals surface area contributed by atoms with E-state index in [-0.39, 0.29) is 17.8 Å².